The number of carbonyl (C=O) groups excluding carboxylic acids is 1. The number of hydrogen-bond acceptors (Lipinski definition) is 9. The lowest BCUT2D eigenvalue weighted by atomic mass is 10.0. The van der Waals surface area contributed by atoms with Gasteiger partial charge in [-0.15, -0.1) is 0 Å². The first-order valence-electron chi connectivity index (χ1n) is 17.2. The first kappa shape index (κ1) is 32.0. The summed E-state index contributed by atoms with van der Waals surface area (Å²) in [6.07, 6.45) is 2.82. The van der Waals surface area contributed by atoms with Crippen molar-refractivity contribution in [3.8, 4) is 17.5 Å². The van der Waals surface area contributed by atoms with E-state index in [0.29, 0.717) is 51.4 Å². The number of likely N-dealkylation sites (tertiary alicyclic amines) is 1. The Labute approximate surface area is 283 Å². The molecule has 1 atom stereocenters. The average molecular weight is 651 g/mol. The zero-order valence-corrected chi connectivity index (χ0v) is 28.5. The van der Waals surface area contributed by atoms with Crippen molar-refractivity contribution in [1.82, 2.24) is 19.8 Å². The van der Waals surface area contributed by atoms with Gasteiger partial charge in [-0.3, -0.25) is 0 Å². The molecule has 0 aliphatic carbocycles. The number of amides is 1. The summed E-state index contributed by atoms with van der Waals surface area (Å²) in [5.41, 5.74) is 2.73. The van der Waals surface area contributed by atoms with Gasteiger partial charge in [-0.25, -0.2) is 4.79 Å². The van der Waals surface area contributed by atoms with Crippen LogP contribution in [0.4, 0.5) is 16.3 Å². The highest BCUT2D eigenvalue weighted by Gasteiger charge is 2.31. The van der Waals surface area contributed by atoms with Crippen LogP contribution >= 0.6 is 0 Å². The van der Waals surface area contributed by atoms with Gasteiger partial charge in [0.2, 0.25) is 0 Å². The van der Waals surface area contributed by atoms with Crippen molar-refractivity contribution in [2.75, 3.05) is 62.7 Å². The summed E-state index contributed by atoms with van der Waals surface area (Å²) in [6.45, 7) is 11.3. The number of carbonyl (C=O) groups is 1. The van der Waals surface area contributed by atoms with E-state index in [1.165, 1.54) is 11.8 Å². The molecule has 4 heterocycles. The second-order valence-electron chi connectivity index (χ2n) is 14.0. The minimum absolute atomic E-state index is 0.266. The fraction of sp³-hybridized carbons (Fsp3) is 0.447. The number of para-hydroxylation sites is 1. The molecule has 3 aliphatic rings. The molecule has 1 amide bonds. The fourth-order valence-corrected chi connectivity index (χ4v) is 6.92. The Morgan fingerprint density at radius 1 is 0.875 bits per heavy atom. The minimum Gasteiger partial charge on any atom is -0.462 e. The minimum atomic E-state index is -0.524. The summed E-state index contributed by atoms with van der Waals surface area (Å²) in [6, 6.07) is 23.4. The van der Waals surface area contributed by atoms with Crippen molar-refractivity contribution in [2.45, 2.75) is 58.2 Å². The van der Waals surface area contributed by atoms with Crippen LogP contribution in [0.3, 0.4) is 0 Å². The number of aromatic nitrogens is 2. The molecule has 7 rings (SSSR count). The van der Waals surface area contributed by atoms with Crippen LogP contribution in [-0.2, 0) is 17.7 Å². The predicted molar refractivity (Wildman–Crippen MR) is 188 cm³/mol. The zero-order valence-electron chi connectivity index (χ0n) is 28.5. The van der Waals surface area contributed by atoms with Gasteiger partial charge in [0, 0.05) is 61.5 Å². The van der Waals surface area contributed by atoms with Gasteiger partial charge in [0.25, 0.3) is 0 Å². The highest BCUT2D eigenvalue weighted by molar-refractivity contribution is 5.96. The van der Waals surface area contributed by atoms with Crippen molar-refractivity contribution in [1.29, 1.82) is 0 Å². The van der Waals surface area contributed by atoms with E-state index < -0.39 is 5.60 Å². The van der Waals surface area contributed by atoms with Gasteiger partial charge in [0.05, 0.1) is 12.2 Å². The molecule has 48 heavy (non-hydrogen) atoms. The lowest BCUT2D eigenvalue weighted by Gasteiger charge is -2.38. The predicted octanol–water partition coefficient (Wildman–Crippen LogP) is 6.51. The summed E-state index contributed by atoms with van der Waals surface area (Å²) >= 11 is 0. The van der Waals surface area contributed by atoms with Gasteiger partial charge in [-0.05, 0) is 77.2 Å². The molecule has 1 aromatic heterocycles. The number of ether oxygens (including phenoxy) is 3. The molecule has 3 aliphatic heterocycles. The molecule has 0 bridgehead atoms. The first-order chi connectivity index (χ1) is 23.2. The van der Waals surface area contributed by atoms with Crippen LogP contribution in [0.15, 0.2) is 66.7 Å². The Hall–Kier alpha value is -4.57. The quantitative estimate of drug-likeness (QED) is 0.222. The van der Waals surface area contributed by atoms with E-state index in [0.717, 1.165) is 65.6 Å². The Morgan fingerprint density at radius 3 is 2.40 bits per heavy atom. The molecule has 252 valence electrons. The maximum atomic E-state index is 12.8. The van der Waals surface area contributed by atoms with Gasteiger partial charge >= 0.3 is 12.1 Å². The SMILES string of the molecule is CN1CCC[C@H]1COc1nc2c(c(N3CCN(C(=O)OC(C)(C)C)CC3)n1)CCN(c1cc(Oc3ccccc3)cc3ccccc13)C2. The van der Waals surface area contributed by atoms with Crippen molar-refractivity contribution in [2.24, 2.45) is 0 Å². The third-order valence-corrected chi connectivity index (χ3v) is 9.46. The van der Waals surface area contributed by atoms with E-state index in [1.54, 1.807) is 4.90 Å². The fourth-order valence-electron chi connectivity index (χ4n) is 6.92. The summed E-state index contributed by atoms with van der Waals surface area (Å²) in [5.74, 6) is 2.53. The molecule has 2 saturated heterocycles. The number of likely N-dealkylation sites (N-methyl/N-ethyl adjacent to an activating group) is 1. The monoisotopic (exact) mass is 650 g/mol. The second kappa shape index (κ2) is 13.5. The second-order valence-corrected chi connectivity index (χ2v) is 14.0. The zero-order chi connectivity index (χ0) is 33.3. The lowest BCUT2D eigenvalue weighted by molar-refractivity contribution is 0.0240. The molecule has 10 nitrogen and oxygen atoms in total. The Bertz CT molecular complexity index is 1750. The summed E-state index contributed by atoms with van der Waals surface area (Å²) in [4.78, 5) is 31.7. The topological polar surface area (TPSA) is 83.5 Å². The third kappa shape index (κ3) is 7.13. The maximum absolute atomic E-state index is 12.8. The third-order valence-electron chi connectivity index (χ3n) is 9.46. The number of anilines is 2. The van der Waals surface area contributed by atoms with Crippen LogP contribution in [0.5, 0.6) is 17.5 Å². The van der Waals surface area contributed by atoms with Gasteiger partial charge in [-0.1, -0.05) is 42.5 Å². The standard InChI is InChI=1S/C38H46N6O4/c1-38(2,3)48-37(45)43-21-19-42(20-22-43)35-32-16-18-44(25-33(32)39-36(40-35)46-26-28-12-10-17-41(28)4)34-24-30(47-29-13-6-5-7-14-29)23-27-11-8-9-15-31(27)34/h5-9,11,13-15,23-24,28H,10,12,16-22,25-26H2,1-4H3/t28-/m0/s1. The number of piperazine rings is 1. The Balaban J connectivity index is 1.17. The molecule has 0 radical (unpaired) electrons. The van der Waals surface area contributed by atoms with E-state index in [1.807, 2.05) is 51.1 Å². The maximum Gasteiger partial charge on any atom is 0.410 e. The van der Waals surface area contributed by atoms with E-state index in [4.69, 9.17) is 24.2 Å². The average Bonchev–Trinajstić information content (AvgIpc) is 3.50. The summed E-state index contributed by atoms with van der Waals surface area (Å²) in [7, 11) is 2.15. The number of rotatable bonds is 7. The van der Waals surface area contributed by atoms with Crippen LogP contribution < -0.4 is 19.3 Å². The number of nitrogens with zero attached hydrogens (tertiary/aromatic N) is 6. The molecule has 0 unspecified atom stereocenters. The van der Waals surface area contributed by atoms with Crippen molar-refractivity contribution in [3.63, 3.8) is 0 Å². The van der Waals surface area contributed by atoms with Crippen LogP contribution in [0.2, 0.25) is 0 Å². The van der Waals surface area contributed by atoms with E-state index >= 15 is 0 Å². The molecule has 4 aromatic rings. The van der Waals surface area contributed by atoms with Crippen molar-refractivity contribution < 1.29 is 19.0 Å². The van der Waals surface area contributed by atoms with Crippen molar-refractivity contribution in [3.05, 3.63) is 78.0 Å². The lowest BCUT2D eigenvalue weighted by Crippen LogP contribution is -2.50. The molecule has 3 aromatic carbocycles. The van der Waals surface area contributed by atoms with E-state index in [9.17, 15) is 4.79 Å². The number of benzene rings is 3. The normalized spacial score (nSPS) is 18.6. The summed E-state index contributed by atoms with van der Waals surface area (Å²) < 4.78 is 18.3. The van der Waals surface area contributed by atoms with Crippen LogP contribution in [0.1, 0.15) is 44.9 Å². The van der Waals surface area contributed by atoms with Gasteiger partial charge < -0.3 is 33.8 Å². The number of hydrogen-bond donors (Lipinski definition) is 0. The largest absolute Gasteiger partial charge is 0.462 e. The number of fused-ring (bicyclic) bond motifs is 2. The highest BCUT2D eigenvalue weighted by Crippen LogP contribution is 2.38. The summed E-state index contributed by atoms with van der Waals surface area (Å²) in [5, 5.41) is 2.30. The van der Waals surface area contributed by atoms with Crippen LogP contribution in [-0.4, -0.2) is 90.4 Å². The Morgan fingerprint density at radius 2 is 1.65 bits per heavy atom. The van der Waals surface area contributed by atoms with E-state index in [2.05, 4.69) is 58.1 Å². The molecule has 0 N–H and O–H groups in total. The Kier molecular flexibility index (Phi) is 9.00. The molecule has 10 heteroatoms. The highest BCUT2D eigenvalue weighted by atomic mass is 16.6. The van der Waals surface area contributed by atoms with Gasteiger partial charge in [-0.2, -0.15) is 9.97 Å². The molecular weight excluding hydrogens is 604 g/mol. The molecule has 0 spiro atoms. The van der Waals surface area contributed by atoms with Crippen LogP contribution in [0.25, 0.3) is 10.8 Å². The molecule has 0 saturated carbocycles. The first-order valence-corrected chi connectivity index (χ1v) is 17.2. The van der Waals surface area contributed by atoms with Crippen LogP contribution in [0, 0.1) is 0 Å². The van der Waals surface area contributed by atoms with Crippen molar-refractivity contribution >= 4 is 28.4 Å². The molecule has 2 fully saturated rings. The smallest absolute Gasteiger partial charge is 0.410 e. The molecular formula is C38H46N6O4. The van der Waals surface area contributed by atoms with Gasteiger partial charge in [0.1, 0.15) is 29.5 Å². The van der Waals surface area contributed by atoms with Gasteiger partial charge in [0.15, 0.2) is 0 Å². The van der Waals surface area contributed by atoms with E-state index in [-0.39, 0.29) is 6.09 Å².